The van der Waals surface area contributed by atoms with Crippen LogP contribution < -0.4 is 37.9 Å². The molecule has 0 spiro atoms. The van der Waals surface area contributed by atoms with E-state index in [0.29, 0.717) is 71.7 Å². The largest absolute Gasteiger partial charge is 0.456 e. The fourth-order valence-corrected chi connectivity index (χ4v) is 12.1. The lowest BCUT2D eigenvalue weighted by Gasteiger charge is -2.36. The highest BCUT2D eigenvalue weighted by molar-refractivity contribution is 5.73. The second kappa shape index (κ2) is 23.2. The van der Waals surface area contributed by atoms with Crippen LogP contribution in [-0.2, 0) is 0 Å². The predicted molar refractivity (Wildman–Crippen MR) is 272 cm³/mol. The Kier molecular flexibility index (Phi) is 16.2. The van der Waals surface area contributed by atoms with Gasteiger partial charge in [0.1, 0.15) is 92.5 Å². The quantitative estimate of drug-likeness (QED) is 0.0769. The van der Waals surface area contributed by atoms with E-state index in [-0.39, 0.29) is 49.4 Å². The van der Waals surface area contributed by atoms with Crippen molar-refractivity contribution in [3.05, 3.63) is 91.0 Å². The smallest absolute Gasteiger partial charge is 0.231 e. The number of rotatable bonds is 20. The Morgan fingerprint density at radius 1 is 0.306 bits per heavy atom. The Labute approximate surface area is 425 Å². The monoisotopic (exact) mass is 973 g/mol. The van der Waals surface area contributed by atoms with Gasteiger partial charge in [0.25, 0.3) is 0 Å². The van der Waals surface area contributed by atoms with Gasteiger partial charge in [-0.3, -0.25) is 0 Å². The van der Waals surface area contributed by atoms with Gasteiger partial charge in [-0.2, -0.15) is 21.0 Å². The maximum Gasteiger partial charge on any atom is 0.231 e. The van der Waals surface area contributed by atoms with Crippen molar-refractivity contribution < 1.29 is 37.9 Å². The minimum Gasteiger partial charge on any atom is -0.456 e. The summed E-state index contributed by atoms with van der Waals surface area (Å²) < 4.78 is 52.9. The van der Waals surface area contributed by atoms with E-state index in [1.807, 2.05) is 0 Å². The van der Waals surface area contributed by atoms with Crippen LogP contribution in [0, 0.1) is 45.3 Å². The highest BCUT2D eigenvalue weighted by atomic mass is 16.7. The molecule has 0 fully saturated rings. The molecule has 0 saturated heterocycles. The second-order valence-corrected chi connectivity index (χ2v) is 20.0. The zero-order chi connectivity index (χ0) is 50.1. The van der Waals surface area contributed by atoms with Crippen molar-refractivity contribution in [2.24, 2.45) is 0 Å². The maximum atomic E-state index is 11.4. The third-order valence-electron chi connectivity index (χ3n) is 15.6. The molecule has 12 heteroatoms. The Balaban J connectivity index is 1.46. The van der Waals surface area contributed by atoms with E-state index in [4.69, 9.17) is 37.9 Å². The van der Waals surface area contributed by atoms with Crippen molar-refractivity contribution in [1.82, 2.24) is 0 Å². The fourth-order valence-electron chi connectivity index (χ4n) is 12.1. The molecule has 0 N–H and O–H groups in total. The summed E-state index contributed by atoms with van der Waals surface area (Å²) in [7, 11) is 0. The normalized spacial score (nSPS) is 18.3. The number of unbranched alkanes of at least 4 members (excludes halogenated alkanes) is 12. The van der Waals surface area contributed by atoms with Crippen LogP contribution in [0.25, 0.3) is 0 Å². The third kappa shape index (κ3) is 9.42. The molecule has 4 aliphatic heterocycles. The molecule has 0 amide bonds. The molecule has 5 aliphatic rings. The van der Waals surface area contributed by atoms with E-state index < -0.39 is 23.7 Å². The van der Waals surface area contributed by atoms with Crippen LogP contribution in [0.5, 0.6) is 46.0 Å². The first kappa shape index (κ1) is 50.2. The molecule has 0 radical (unpaired) electrons. The molecule has 0 aromatic heterocycles. The summed E-state index contributed by atoms with van der Waals surface area (Å²) >= 11 is 0. The molecule has 4 aromatic rings. The number of nitriles is 4. The average molecular weight is 973 g/mol. The van der Waals surface area contributed by atoms with E-state index in [9.17, 15) is 21.0 Å². The Hall–Kier alpha value is -6.76. The lowest BCUT2D eigenvalue weighted by Crippen LogP contribution is -2.24. The molecule has 0 atom stereocenters. The molecule has 9 rings (SSSR count). The van der Waals surface area contributed by atoms with Gasteiger partial charge in [0, 0.05) is 68.2 Å². The van der Waals surface area contributed by atoms with Gasteiger partial charge in [-0.15, -0.1) is 0 Å². The Bertz CT molecular complexity index is 2330. The minimum atomic E-state index is -0.390. The summed E-state index contributed by atoms with van der Waals surface area (Å²) in [6, 6.07) is 18.9. The lowest BCUT2D eigenvalue weighted by molar-refractivity contribution is 0.0972. The molecule has 0 unspecified atom stereocenters. The molecule has 376 valence electrons. The zero-order valence-electron chi connectivity index (χ0n) is 42.6. The van der Waals surface area contributed by atoms with Crippen molar-refractivity contribution in [2.45, 2.75) is 180 Å². The van der Waals surface area contributed by atoms with Crippen LogP contribution in [0.3, 0.4) is 0 Å². The van der Waals surface area contributed by atoms with Crippen LogP contribution in [0.15, 0.2) is 24.3 Å². The Morgan fingerprint density at radius 2 is 0.486 bits per heavy atom. The van der Waals surface area contributed by atoms with Gasteiger partial charge in [0.05, 0.1) is 0 Å². The molecular weight excluding hydrogens is 905 g/mol. The summed E-state index contributed by atoms with van der Waals surface area (Å²) in [5.74, 6) is 1.53. The van der Waals surface area contributed by atoms with E-state index in [1.54, 1.807) is 0 Å². The van der Waals surface area contributed by atoms with Gasteiger partial charge < -0.3 is 37.9 Å². The number of nitrogens with zero attached hydrogens (tertiary/aromatic N) is 4. The topological polar surface area (TPSA) is 169 Å². The second-order valence-electron chi connectivity index (χ2n) is 20.0. The van der Waals surface area contributed by atoms with Crippen LogP contribution in [0.1, 0.15) is 247 Å². The van der Waals surface area contributed by atoms with E-state index in [0.717, 1.165) is 147 Å². The SMILES string of the molecule is CCCCCCC1c2cc3c4c(C#N)c2OCOc2c1cc1c(c2C#N)OCOc2c(cc5c(c2C#N)OCOc2c(cc(c(c2C#N)OCO4)C3CCCCCC)C5CCCCCC)C1CCCCCC. The summed E-state index contributed by atoms with van der Waals surface area (Å²) in [5.41, 5.74) is 7.61. The lowest BCUT2D eigenvalue weighted by atomic mass is 9.74. The summed E-state index contributed by atoms with van der Waals surface area (Å²) in [5, 5.41) is 45.5. The van der Waals surface area contributed by atoms with Gasteiger partial charge in [0.15, 0.2) is 0 Å². The van der Waals surface area contributed by atoms with Crippen molar-refractivity contribution in [1.29, 1.82) is 21.0 Å². The molecule has 4 heterocycles. The summed E-state index contributed by atoms with van der Waals surface area (Å²) in [4.78, 5) is 0. The maximum absolute atomic E-state index is 11.4. The summed E-state index contributed by atoms with van der Waals surface area (Å²) in [6.07, 6.45) is 18.6. The van der Waals surface area contributed by atoms with Crippen LogP contribution in [-0.4, -0.2) is 27.2 Å². The van der Waals surface area contributed by atoms with E-state index in [1.165, 1.54) is 0 Å². The van der Waals surface area contributed by atoms with Crippen molar-refractivity contribution in [3.8, 4) is 70.3 Å². The number of ether oxygens (including phenoxy) is 8. The van der Waals surface area contributed by atoms with Crippen LogP contribution in [0.4, 0.5) is 0 Å². The van der Waals surface area contributed by atoms with Gasteiger partial charge in [-0.25, -0.2) is 0 Å². The fraction of sp³-hybridized carbons (Fsp3) is 0.533. The molecule has 1 aliphatic carbocycles. The highest BCUT2D eigenvalue weighted by Gasteiger charge is 2.42. The summed E-state index contributed by atoms with van der Waals surface area (Å²) in [6.45, 7) is 7.67. The Morgan fingerprint density at radius 3 is 0.639 bits per heavy atom. The third-order valence-corrected chi connectivity index (χ3v) is 15.6. The zero-order valence-corrected chi connectivity index (χ0v) is 42.6. The molecule has 12 nitrogen and oxygen atoms in total. The molecule has 8 bridgehead atoms. The van der Waals surface area contributed by atoms with Gasteiger partial charge in [-0.1, -0.05) is 130 Å². The van der Waals surface area contributed by atoms with E-state index >= 15 is 0 Å². The van der Waals surface area contributed by atoms with Crippen LogP contribution >= 0.6 is 0 Å². The average Bonchev–Trinajstić information content (AvgIpc) is 3.37. The first-order valence-electron chi connectivity index (χ1n) is 26.9. The molecule has 0 saturated carbocycles. The van der Waals surface area contributed by atoms with E-state index in [2.05, 4.69) is 76.2 Å². The predicted octanol–water partition coefficient (Wildman–Crippen LogP) is 14.8. The minimum absolute atomic E-state index is 0.259. The standard InChI is InChI=1S/C60H68N4O8/c1-5-9-13-17-21-37-41-25-43-38(22-18-14-10-6-2)45-27-47-40(24-20-16-12-8-4)48-28-46-39(23-19-15-11-7-3)44-26-42(37)54-50(30-62)56(44)68-35-70-58(46)52(32-64)60(48)72-36-71-59(47)51(31-63)57(45)69-34-67-55(43)49(29-61)53(41)65-33-66-54/h25-28,37-40H,5-24,33-36H2,1-4H3. The van der Waals surface area contributed by atoms with Crippen molar-refractivity contribution >= 4 is 0 Å². The van der Waals surface area contributed by atoms with Crippen molar-refractivity contribution in [2.75, 3.05) is 27.2 Å². The van der Waals surface area contributed by atoms with Gasteiger partial charge in [-0.05, 0) is 49.9 Å². The number of hydrogen-bond acceptors (Lipinski definition) is 12. The first-order chi connectivity index (χ1) is 35.5. The van der Waals surface area contributed by atoms with Crippen molar-refractivity contribution in [3.63, 3.8) is 0 Å². The number of hydrogen-bond donors (Lipinski definition) is 0. The van der Waals surface area contributed by atoms with Crippen LogP contribution in [0.2, 0.25) is 0 Å². The number of benzene rings is 4. The molecule has 4 aromatic carbocycles. The highest BCUT2D eigenvalue weighted by Crippen LogP contribution is 2.58. The van der Waals surface area contributed by atoms with Gasteiger partial charge in [0.2, 0.25) is 27.2 Å². The molecular formula is C60H68N4O8. The van der Waals surface area contributed by atoms with Gasteiger partial charge >= 0.3 is 0 Å². The first-order valence-corrected chi connectivity index (χ1v) is 26.9. The molecule has 72 heavy (non-hydrogen) atoms.